The summed E-state index contributed by atoms with van der Waals surface area (Å²) in [6.45, 7) is 2.67. The molecule has 2 heterocycles. The highest BCUT2D eigenvalue weighted by atomic mass is 32.2. The zero-order valence-electron chi connectivity index (χ0n) is 19.0. The van der Waals surface area contributed by atoms with Gasteiger partial charge in [0, 0.05) is 32.1 Å². The maximum Gasteiger partial charge on any atom is 0.260 e. The molecule has 4 aromatic rings. The number of carbonyl (C=O) groups is 1. The van der Waals surface area contributed by atoms with Gasteiger partial charge in [-0.15, -0.1) is 0 Å². The van der Waals surface area contributed by atoms with E-state index in [1.54, 1.807) is 17.3 Å². The molecule has 4 rings (SSSR count). The lowest BCUT2D eigenvalue weighted by molar-refractivity contribution is 0.0985. The molecule has 0 spiro atoms. The minimum atomic E-state index is -3.59. The topological polar surface area (TPSA) is 92.7 Å². The fraction of sp³-hybridized carbons (Fsp3) is 0.208. The molecule has 0 bridgehead atoms. The fourth-order valence-electron chi connectivity index (χ4n) is 3.34. The number of fused-ring (bicyclic) bond motifs is 1. The van der Waals surface area contributed by atoms with E-state index in [-0.39, 0.29) is 17.3 Å². The first kappa shape index (κ1) is 23.8. The maximum absolute atomic E-state index is 13.6. The van der Waals surface area contributed by atoms with E-state index in [0.717, 1.165) is 14.6 Å². The van der Waals surface area contributed by atoms with Crippen LogP contribution in [0.4, 0.5) is 5.13 Å². The summed E-state index contributed by atoms with van der Waals surface area (Å²) in [5.74, 6) is 0.365. The lowest BCUT2D eigenvalue weighted by Crippen LogP contribution is -2.30. The summed E-state index contributed by atoms with van der Waals surface area (Å²) in [5, 5.41) is 0.515. The molecule has 0 saturated heterocycles. The number of pyridine rings is 1. The smallest absolute Gasteiger partial charge is 0.260 e. The van der Waals surface area contributed by atoms with Gasteiger partial charge in [-0.2, -0.15) is 0 Å². The molecule has 10 heteroatoms. The third-order valence-electron chi connectivity index (χ3n) is 5.09. The fourth-order valence-corrected chi connectivity index (χ4v) is 5.22. The van der Waals surface area contributed by atoms with Crippen LogP contribution in [0.15, 0.2) is 71.9 Å². The second-order valence-corrected chi connectivity index (χ2v) is 10.8. The molecule has 0 fully saturated rings. The Morgan fingerprint density at radius 3 is 2.47 bits per heavy atom. The number of rotatable bonds is 8. The minimum absolute atomic E-state index is 0.120. The molecule has 0 saturated carbocycles. The highest BCUT2D eigenvalue weighted by Crippen LogP contribution is 2.35. The van der Waals surface area contributed by atoms with Gasteiger partial charge in [0.1, 0.15) is 11.3 Å². The van der Waals surface area contributed by atoms with Crippen molar-refractivity contribution in [3.05, 3.63) is 78.1 Å². The molecular weight excluding hydrogens is 472 g/mol. The van der Waals surface area contributed by atoms with Crippen molar-refractivity contribution in [2.45, 2.75) is 18.4 Å². The standard InChI is InChI=1S/C24H24N4O4S2/c1-4-32-20-8-5-9-21-22(20)26-24(33-21)28(16-17-7-6-14-25-15-17)23(29)18-10-12-19(13-11-18)34(30,31)27(2)3/h5-15H,4,16H2,1-3H3. The van der Waals surface area contributed by atoms with E-state index in [4.69, 9.17) is 9.72 Å². The van der Waals surface area contributed by atoms with E-state index >= 15 is 0 Å². The first-order valence-corrected chi connectivity index (χ1v) is 12.8. The van der Waals surface area contributed by atoms with E-state index < -0.39 is 10.0 Å². The van der Waals surface area contributed by atoms with Gasteiger partial charge in [0.05, 0.1) is 22.7 Å². The van der Waals surface area contributed by atoms with Crippen molar-refractivity contribution in [1.82, 2.24) is 14.3 Å². The highest BCUT2D eigenvalue weighted by Gasteiger charge is 2.24. The molecule has 0 unspecified atom stereocenters. The molecule has 1 amide bonds. The Bertz CT molecular complexity index is 1400. The molecule has 0 radical (unpaired) electrons. The Balaban J connectivity index is 1.74. The van der Waals surface area contributed by atoms with Gasteiger partial charge in [-0.25, -0.2) is 17.7 Å². The number of nitrogens with zero attached hydrogens (tertiary/aromatic N) is 4. The molecule has 0 aliphatic carbocycles. The predicted octanol–water partition coefficient (Wildman–Crippen LogP) is 4.19. The lowest BCUT2D eigenvalue weighted by Gasteiger charge is -2.20. The van der Waals surface area contributed by atoms with Gasteiger partial charge < -0.3 is 4.74 Å². The number of ether oxygens (including phenoxy) is 1. The highest BCUT2D eigenvalue weighted by molar-refractivity contribution is 7.89. The summed E-state index contributed by atoms with van der Waals surface area (Å²) in [6, 6.07) is 15.3. The molecule has 0 aliphatic heterocycles. The Morgan fingerprint density at radius 1 is 1.06 bits per heavy atom. The van der Waals surface area contributed by atoms with Crippen LogP contribution in [0.25, 0.3) is 10.2 Å². The van der Waals surface area contributed by atoms with Crippen LogP contribution >= 0.6 is 11.3 Å². The van der Waals surface area contributed by atoms with Crippen LogP contribution in [0.3, 0.4) is 0 Å². The Labute approximate surface area is 202 Å². The van der Waals surface area contributed by atoms with Crippen molar-refractivity contribution in [2.24, 2.45) is 0 Å². The largest absolute Gasteiger partial charge is 0.492 e. The number of amides is 1. The second-order valence-electron chi connectivity index (χ2n) is 7.60. The summed E-state index contributed by atoms with van der Waals surface area (Å²) in [4.78, 5) is 24.2. The first-order chi connectivity index (χ1) is 16.3. The molecule has 2 aromatic carbocycles. The number of hydrogen-bond donors (Lipinski definition) is 0. The van der Waals surface area contributed by atoms with Crippen LogP contribution in [0.5, 0.6) is 5.75 Å². The molecule has 176 valence electrons. The van der Waals surface area contributed by atoms with Gasteiger partial charge >= 0.3 is 0 Å². The van der Waals surface area contributed by atoms with Crippen LogP contribution in [-0.2, 0) is 16.6 Å². The van der Waals surface area contributed by atoms with Gasteiger partial charge in [0.2, 0.25) is 10.0 Å². The van der Waals surface area contributed by atoms with Crippen LogP contribution in [0.1, 0.15) is 22.8 Å². The van der Waals surface area contributed by atoms with Gasteiger partial charge in [-0.3, -0.25) is 14.7 Å². The third kappa shape index (κ3) is 4.79. The molecule has 34 heavy (non-hydrogen) atoms. The average Bonchev–Trinajstić information content (AvgIpc) is 3.28. The Morgan fingerprint density at radius 2 is 1.82 bits per heavy atom. The number of benzene rings is 2. The van der Waals surface area contributed by atoms with Crippen LogP contribution < -0.4 is 9.64 Å². The molecule has 0 atom stereocenters. The molecular formula is C24H24N4O4S2. The quantitative estimate of drug-likeness (QED) is 0.363. The van der Waals surface area contributed by atoms with Gasteiger partial charge in [-0.05, 0) is 55.0 Å². The SMILES string of the molecule is CCOc1cccc2sc(N(Cc3cccnc3)C(=O)c3ccc(S(=O)(=O)N(C)C)cc3)nc12. The van der Waals surface area contributed by atoms with E-state index in [9.17, 15) is 13.2 Å². The zero-order chi connectivity index (χ0) is 24.3. The summed E-state index contributed by atoms with van der Waals surface area (Å²) in [7, 11) is -0.660. The average molecular weight is 497 g/mol. The Hall–Kier alpha value is -3.34. The van der Waals surface area contributed by atoms with Crippen molar-refractivity contribution in [3.63, 3.8) is 0 Å². The van der Waals surface area contributed by atoms with Crippen molar-refractivity contribution in [3.8, 4) is 5.75 Å². The summed E-state index contributed by atoms with van der Waals surface area (Å²) in [6.07, 6.45) is 3.37. The number of thiazole rings is 1. The third-order valence-corrected chi connectivity index (χ3v) is 7.96. The lowest BCUT2D eigenvalue weighted by atomic mass is 10.2. The number of hydrogen-bond acceptors (Lipinski definition) is 7. The first-order valence-electron chi connectivity index (χ1n) is 10.6. The number of sulfonamides is 1. The van der Waals surface area contributed by atoms with Crippen LogP contribution in [-0.4, -0.2) is 49.3 Å². The number of anilines is 1. The number of aromatic nitrogens is 2. The summed E-state index contributed by atoms with van der Waals surface area (Å²) >= 11 is 1.39. The van der Waals surface area contributed by atoms with Crippen LogP contribution in [0.2, 0.25) is 0 Å². The van der Waals surface area contributed by atoms with Gasteiger partial charge in [0.25, 0.3) is 5.91 Å². The summed E-state index contributed by atoms with van der Waals surface area (Å²) < 4.78 is 32.5. The van der Waals surface area contributed by atoms with Crippen LogP contribution in [0, 0.1) is 0 Å². The van der Waals surface area contributed by atoms with E-state index in [1.807, 2.05) is 37.3 Å². The molecule has 0 aliphatic rings. The van der Waals surface area contributed by atoms with Crippen molar-refractivity contribution in [1.29, 1.82) is 0 Å². The van der Waals surface area contributed by atoms with Crippen molar-refractivity contribution in [2.75, 3.05) is 25.6 Å². The summed E-state index contributed by atoms with van der Waals surface area (Å²) in [5.41, 5.74) is 1.89. The second kappa shape index (κ2) is 9.88. The predicted molar refractivity (Wildman–Crippen MR) is 133 cm³/mol. The van der Waals surface area contributed by atoms with E-state index in [2.05, 4.69) is 4.98 Å². The van der Waals surface area contributed by atoms with E-state index in [0.29, 0.717) is 28.6 Å². The molecule has 2 aromatic heterocycles. The maximum atomic E-state index is 13.6. The van der Waals surface area contributed by atoms with Crippen molar-refractivity contribution < 1.29 is 17.9 Å². The number of para-hydroxylation sites is 1. The van der Waals surface area contributed by atoms with Gasteiger partial charge in [-0.1, -0.05) is 23.5 Å². The van der Waals surface area contributed by atoms with E-state index in [1.165, 1.54) is 49.7 Å². The Kier molecular flexibility index (Phi) is 6.92. The molecule has 8 nitrogen and oxygen atoms in total. The molecule has 0 N–H and O–H groups in total. The minimum Gasteiger partial charge on any atom is -0.492 e. The monoisotopic (exact) mass is 496 g/mol. The normalized spacial score (nSPS) is 11.6. The van der Waals surface area contributed by atoms with Gasteiger partial charge in [0.15, 0.2) is 5.13 Å². The number of carbonyl (C=O) groups excluding carboxylic acids is 1. The van der Waals surface area contributed by atoms with Crippen molar-refractivity contribution >= 4 is 42.6 Å². The zero-order valence-corrected chi connectivity index (χ0v) is 20.6.